The zero-order valence-electron chi connectivity index (χ0n) is 19.1. The number of nitrogens with one attached hydrogen (secondary N) is 1. The van der Waals surface area contributed by atoms with Crippen LogP contribution in [0.4, 0.5) is 4.39 Å². The van der Waals surface area contributed by atoms with E-state index in [2.05, 4.69) is 17.3 Å². The Morgan fingerprint density at radius 2 is 1.67 bits per heavy atom. The van der Waals surface area contributed by atoms with E-state index in [4.69, 9.17) is 9.47 Å². The van der Waals surface area contributed by atoms with E-state index >= 15 is 0 Å². The lowest BCUT2D eigenvalue weighted by atomic mass is 9.93. The normalized spacial score (nSPS) is 18.1. The van der Waals surface area contributed by atoms with Gasteiger partial charge in [0, 0.05) is 12.1 Å². The number of rotatable bonds is 6. The second-order valence-corrected chi connectivity index (χ2v) is 8.91. The van der Waals surface area contributed by atoms with Crippen molar-refractivity contribution in [2.45, 2.75) is 32.1 Å². The van der Waals surface area contributed by atoms with E-state index in [0.717, 1.165) is 17.1 Å². The number of likely N-dealkylation sites (tertiary alicyclic amines) is 1. The van der Waals surface area contributed by atoms with Crippen molar-refractivity contribution in [1.82, 2.24) is 10.2 Å². The molecule has 0 spiro atoms. The molecule has 2 aromatic carbocycles. The lowest BCUT2D eigenvalue weighted by molar-refractivity contribution is -0.124. The van der Waals surface area contributed by atoms with Crippen LogP contribution in [0.5, 0.6) is 11.5 Å². The molecule has 2 fully saturated rings. The summed E-state index contributed by atoms with van der Waals surface area (Å²) in [6, 6.07) is 11.1. The van der Waals surface area contributed by atoms with Crippen LogP contribution in [-0.2, 0) is 11.2 Å². The van der Waals surface area contributed by atoms with Crippen molar-refractivity contribution in [3.63, 3.8) is 0 Å². The van der Waals surface area contributed by atoms with Crippen molar-refractivity contribution in [2.75, 3.05) is 39.9 Å². The number of halogens is 1. The molecule has 6 nitrogen and oxygen atoms in total. The van der Waals surface area contributed by atoms with Gasteiger partial charge in [-0.05, 0) is 94.2 Å². The topological polar surface area (TPSA) is 67.9 Å². The number of benzene rings is 2. The Labute approximate surface area is 194 Å². The van der Waals surface area contributed by atoms with Gasteiger partial charge in [0.15, 0.2) is 17.3 Å². The lowest BCUT2D eigenvalue weighted by Crippen LogP contribution is -2.38. The van der Waals surface area contributed by atoms with E-state index in [1.165, 1.54) is 50.2 Å². The van der Waals surface area contributed by atoms with Gasteiger partial charge >= 0.3 is 0 Å². The molecule has 2 heterocycles. The van der Waals surface area contributed by atoms with Crippen LogP contribution >= 0.6 is 0 Å². The maximum atomic E-state index is 13.0. The Balaban J connectivity index is 0.000000376. The van der Waals surface area contributed by atoms with E-state index < -0.39 is 11.2 Å². The van der Waals surface area contributed by atoms with Gasteiger partial charge in [-0.3, -0.25) is 9.59 Å². The second kappa shape index (κ2) is 10.3. The fourth-order valence-electron chi connectivity index (χ4n) is 4.17. The molecule has 33 heavy (non-hydrogen) atoms. The van der Waals surface area contributed by atoms with Crippen molar-refractivity contribution in [3.8, 4) is 11.5 Å². The Hall–Kier alpha value is -2.93. The second-order valence-electron chi connectivity index (χ2n) is 8.91. The highest BCUT2D eigenvalue weighted by Crippen LogP contribution is 2.48. The quantitative estimate of drug-likeness (QED) is 0.533. The van der Waals surface area contributed by atoms with Gasteiger partial charge < -0.3 is 19.7 Å². The third-order valence-corrected chi connectivity index (χ3v) is 6.36. The summed E-state index contributed by atoms with van der Waals surface area (Å²) < 4.78 is 24.1. The average Bonchev–Trinajstić information content (AvgIpc) is 3.52. The smallest absolute Gasteiger partial charge is 0.234 e. The molecule has 1 aliphatic carbocycles. The van der Waals surface area contributed by atoms with Crippen LogP contribution in [-0.4, -0.2) is 56.5 Å². The molecule has 0 bridgehead atoms. The Morgan fingerprint density at radius 3 is 2.27 bits per heavy atom. The molecule has 1 N–H and O–H groups in total. The SMILES string of the molecule is CN1CCCC1.O=C(NCCc1ccc2c(c1)OCCO2)C1(C(=O)c2ccc(F)cc2)CC1. The first-order valence-corrected chi connectivity index (χ1v) is 11.6. The standard InChI is InChI=1S/C21H20FNO4.C5H11N/c22-16-4-2-15(3-5-16)19(24)21(8-9-21)20(25)23-10-7-14-1-6-17-18(13-14)27-12-11-26-17;1-6-4-2-3-5-6/h1-6,13H,7-12H2,(H,23,25);2-5H2,1H3. The highest BCUT2D eigenvalue weighted by atomic mass is 19.1. The number of nitrogens with zero attached hydrogens (tertiary/aromatic N) is 1. The molecule has 7 heteroatoms. The highest BCUT2D eigenvalue weighted by Gasteiger charge is 2.56. The molecule has 2 aromatic rings. The van der Waals surface area contributed by atoms with E-state index in [1.54, 1.807) is 0 Å². The molecular formula is C26H31FN2O4. The number of hydrogen-bond acceptors (Lipinski definition) is 5. The van der Waals surface area contributed by atoms with Crippen molar-refractivity contribution >= 4 is 11.7 Å². The summed E-state index contributed by atoms with van der Waals surface area (Å²) in [7, 11) is 2.17. The first kappa shape index (κ1) is 23.2. The number of carbonyl (C=O) groups excluding carboxylic acids is 2. The predicted molar refractivity (Wildman–Crippen MR) is 123 cm³/mol. The summed E-state index contributed by atoms with van der Waals surface area (Å²) in [4.78, 5) is 27.6. The van der Waals surface area contributed by atoms with Gasteiger partial charge in [-0.1, -0.05) is 6.07 Å². The van der Waals surface area contributed by atoms with E-state index in [1.807, 2.05) is 18.2 Å². The fourth-order valence-corrected chi connectivity index (χ4v) is 4.17. The van der Waals surface area contributed by atoms with E-state index in [9.17, 15) is 14.0 Å². The minimum atomic E-state index is -0.995. The van der Waals surface area contributed by atoms with Crippen molar-refractivity contribution in [1.29, 1.82) is 0 Å². The zero-order chi connectivity index (χ0) is 23.3. The molecule has 5 rings (SSSR count). The van der Waals surface area contributed by atoms with Gasteiger partial charge in [0.1, 0.15) is 24.4 Å². The van der Waals surface area contributed by atoms with Gasteiger partial charge in [-0.15, -0.1) is 0 Å². The summed E-state index contributed by atoms with van der Waals surface area (Å²) in [6.07, 6.45) is 4.51. The first-order chi connectivity index (χ1) is 16.0. The molecule has 3 aliphatic rings. The van der Waals surface area contributed by atoms with Gasteiger partial charge in [-0.2, -0.15) is 0 Å². The van der Waals surface area contributed by atoms with Crippen molar-refractivity contribution in [3.05, 3.63) is 59.4 Å². The first-order valence-electron chi connectivity index (χ1n) is 11.6. The highest BCUT2D eigenvalue weighted by molar-refractivity contribution is 6.16. The molecular weight excluding hydrogens is 423 g/mol. The molecule has 2 aliphatic heterocycles. The molecule has 0 aromatic heterocycles. The summed E-state index contributed by atoms with van der Waals surface area (Å²) in [5, 5.41) is 2.87. The van der Waals surface area contributed by atoms with Crippen LogP contribution in [0.1, 0.15) is 41.6 Å². The van der Waals surface area contributed by atoms with Crippen LogP contribution in [0.25, 0.3) is 0 Å². The monoisotopic (exact) mass is 454 g/mol. The van der Waals surface area contributed by atoms with Gasteiger partial charge in [0.2, 0.25) is 5.91 Å². The zero-order valence-corrected chi connectivity index (χ0v) is 19.1. The van der Waals surface area contributed by atoms with Crippen LogP contribution < -0.4 is 14.8 Å². The van der Waals surface area contributed by atoms with Crippen LogP contribution in [0, 0.1) is 11.2 Å². The van der Waals surface area contributed by atoms with Gasteiger partial charge in [0.25, 0.3) is 0 Å². The van der Waals surface area contributed by atoms with Crippen LogP contribution in [0.3, 0.4) is 0 Å². The molecule has 0 atom stereocenters. The summed E-state index contributed by atoms with van der Waals surface area (Å²) >= 11 is 0. The Morgan fingerprint density at radius 1 is 1.00 bits per heavy atom. The van der Waals surface area contributed by atoms with Crippen LogP contribution in [0.2, 0.25) is 0 Å². The largest absolute Gasteiger partial charge is 0.486 e. The number of ether oxygens (including phenoxy) is 2. The third kappa shape index (κ3) is 5.71. The maximum Gasteiger partial charge on any atom is 0.234 e. The fraction of sp³-hybridized carbons (Fsp3) is 0.462. The molecule has 1 amide bonds. The predicted octanol–water partition coefficient (Wildman–Crippen LogP) is 3.63. The number of hydrogen-bond donors (Lipinski definition) is 1. The third-order valence-electron chi connectivity index (χ3n) is 6.36. The van der Waals surface area contributed by atoms with Crippen molar-refractivity contribution in [2.24, 2.45) is 5.41 Å². The number of carbonyl (C=O) groups is 2. The number of amides is 1. The molecule has 0 unspecified atom stereocenters. The van der Waals surface area contributed by atoms with Crippen LogP contribution in [0.15, 0.2) is 42.5 Å². The average molecular weight is 455 g/mol. The minimum absolute atomic E-state index is 0.237. The van der Waals surface area contributed by atoms with E-state index in [-0.39, 0.29) is 11.7 Å². The molecule has 176 valence electrons. The molecule has 1 saturated heterocycles. The van der Waals surface area contributed by atoms with Gasteiger partial charge in [-0.25, -0.2) is 4.39 Å². The van der Waals surface area contributed by atoms with E-state index in [0.29, 0.717) is 44.6 Å². The van der Waals surface area contributed by atoms with Gasteiger partial charge in [0.05, 0.1) is 0 Å². The number of fused-ring (bicyclic) bond motifs is 1. The Kier molecular flexibility index (Phi) is 7.28. The molecule has 1 saturated carbocycles. The summed E-state index contributed by atoms with van der Waals surface area (Å²) in [5.41, 5.74) is 0.398. The number of ketones is 1. The maximum absolute atomic E-state index is 13.0. The Bertz CT molecular complexity index is 982. The minimum Gasteiger partial charge on any atom is -0.486 e. The summed E-state index contributed by atoms with van der Waals surface area (Å²) in [6.45, 7) is 4.14. The van der Waals surface area contributed by atoms with Crippen molar-refractivity contribution < 1.29 is 23.5 Å². The number of Topliss-reactive ketones (excluding diaryl/α,β-unsaturated/α-hetero) is 1. The molecule has 0 radical (unpaired) electrons. The summed E-state index contributed by atoms with van der Waals surface area (Å²) in [5.74, 6) is 0.556. The lowest BCUT2D eigenvalue weighted by Gasteiger charge is -2.19.